The summed E-state index contributed by atoms with van der Waals surface area (Å²) in [6.07, 6.45) is 13.0. The molecule has 2 aliphatic carbocycles. The number of hydrogen-bond acceptors (Lipinski definition) is 5. The van der Waals surface area contributed by atoms with Crippen LogP contribution in [0.25, 0.3) is 0 Å². The molecular formula is C26H41N5. The number of nitrogens with zero attached hydrogens (tertiary/aromatic N) is 4. The normalized spacial score (nSPS) is 28.1. The monoisotopic (exact) mass is 423 g/mol. The Kier molecular flexibility index (Phi) is 5.82. The average molecular weight is 424 g/mol. The van der Waals surface area contributed by atoms with Gasteiger partial charge >= 0.3 is 0 Å². The summed E-state index contributed by atoms with van der Waals surface area (Å²) in [5.41, 5.74) is 13.0. The van der Waals surface area contributed by atoms with Gasteiger partial charge in [-0.25, -0.2) is 9.97 Å². The fraction of sp³-hybridized carbons (Fsp3) is 0.692. The van der Waals surface area contributed by atoms with Crippen molar-refractivity contribution >= 4 is 17.3 Å². The van der Waals surface area contributed by atoms with E-state index < -0.39 is 0 Å². The number of fused-ring (bicyclic) bond motifs is 1. The van der Waals surface area contributed by atoms with Gasteiger partial charge in [0.25, 0.3) is 0 Å². The minimum atomic E-state index is 0.346. The molecule has 0 unspecified atom stereocenters. The van der Waals surface area contributed by atoms with Crippen LogP contribution in [0, 0.1) is 16.7 Å². The van der Waals surface area contributed by atoms with Crippen LogP contribution in [-0.4, -0.2) is 30.2 Å². The van der Waals surface area contributed by atoms with Gasteiger partial charge in [0.15, 0.2) is 11.6 Å². The Morgan fingerprint density at radius 2 is 2.00 bits per heavy atom. The van der Waals surface area contributed by atoms with E-state index >= 15 is 0 Å². The van der Waals surface area contributed by atoms with Crippen LogP contribution < -0.4 is 15.5 Å². The first kappa shape index (κ1) is 22.2. The third-order valence-corrected chi connectivity index (χ3v) is 8.60. The van der Waals surface area contributed by atoms with Crippen LogP contribution in [0.15, 0.2) is 29.1 Å². The lowest BCUT2D eigenvalue weighted by Gasteiger charge is -2.50. The number of rotatable bonds is 5. The predicted molar refractivity (Wildman–Crippen MR) is 131 cm³/mol. The molecule has 2 atom stereocenters. The summed E-state index contributed by atoms with van der Waals surface area (Å²) in [6, 6.07) is 0. The third kappa shape index (κ3) is 3.96. The van der Waals surface area contributed by atoms with Gasteiger partial charge in [-0.2, -0.15) is 0 Å². The summed E-state index contributed by atoms with van der Waals surface area (Å²) in [5, 5.41) is 0. The number of aromatic nitrogens is 2. The number of hydrogen-bond donors (Lipinski definition) is 1. The summed E-state index contributed by atoms with van der Waals surface area (Å²) < 4.78 is 0. The fourth-order valence-electron chi connectivity index (χ4n) is 6.24. The van der Waals surface area contributed by atoms with Crippen LogP contribution in [0.3, 0.4) is 0 Å². The number of nitrogens with two attached hydrogens (primary N) is 1. The maximum Gasteiger partial charge on any atom is 0.159 e. The standard InChI is InChI=1S/C26H41N5/c1-18(12-15-31-17-30(6)24-22(31)23(27)28-16-29-24)11-14-26(5)19(2)9-10-20-21(26)8-7-13-25(20,3)4/h12,16,19H,7-11,13-15,17H2,1-6H3,(H2,27,28,29)/t19-,26+/m1/s1. The Bertz CT molecular complexity index is 899. The van der Waals surface area contributed by atoms with E-state index in [0.717, 1.165) is 37.1 Å². The summed E-state index contributed by atoms with van der Waals surface area (Å²) in [7, 11) is 2.06. The molecule has 5 heteroatoms. The minimum Gasteiger partial charge on any atom is -0.382 e. The molecule has 0 saturated heterocycles. The minimum absolute atomic E-state index is 0.346. The second-order valence-corrected chi connectivity index (χ2v) is 11.1. The van der Waals surface area contributed by atoms with Crippen molar-refractivity contribution in [2.75, 3.05) is 35.8 Å². The van der Waals surface area contributed by atoms with Gasteiger partial charge in [0, 0.05) is 13.6 Å². The van der Waals surface area contributed by atoms with Crippen molar-refractivity contribution in [1.29, 1.82) is 0 Å². The van der Waals surface area contributed by atoms with E-state index in [1.54, 1.807) is 11.9 Å². The van der Waals surface area contributed by atoms with E-state index in [2.05, 4.69) is 67.5 Å². The Morgan fingerprint density at radius 1 is 1.23 bits per heavy atom. The number of anilines is 3. The molecule has 1 aromatic heterocycles. The zero-order chi connectivity index (χ0) is 22.4. The van der Waals surface area contributed by atoms with Gasteiger partial charge in [-0.3, -0.25) is 0 Å². The third-order valence-electron chi connectivity index (χ3n) is 8.60. The van der Waals surface area contributed by atoms with Crippen molar-refractivity contribution in [2.24, 2.45) is 16.7 Å². The molecule has 4 rings (SSSR count). The highest BCUT2D eigenvalue weighted by molar-refractivity contribution is 5.81. The summed E-state index contributed by atoms with van der Waals surface area (Å²) >= 11 is 0. The number of nitrogen functional groups attached to an aromatic ring is 1. The summed E-state index contributed by atoms with van der Waals surface area (Å²) in [5.74, 6) is 2.27. The van der Waals surface area contributed by atoms with E-state index in [9.17, 15) is 0 Å². The van der Waals surface area contributed by atoms with E-state index in [1.165, 1.54) is 44.1 Å². The number of allylic oxidation sites excluding steroid dienone is 3. The van der Waals surface area contributed by atoms with Crippen molar-refractivity contribution in [3.63, 3.8) is 0 Å². The fourth-order valence-corrected chi connectivity index (χ4v) is 6.24. The maximum absolute atomic E-state index is 6.16. The second-order valence-electron chi connectivity index (χ2n) is 11.1. The zero-order valence-electron chi connectivity index (χ0n) is 20.5. The van der Waals surface area contributed by atoms with Gasteiger partial charge in [-0.05, 0) is 68.6 Å². The van der Waals surface area contributed by atoms with Gasteiger partial charge in [0.1, 0.15) is 12.0 Å². The van der Waals surface area contributed by atoms with Crippen molar-refractivity contribution < 1.29 is 0 Å². The van der Waals surface area contributed by atoms with Crippen molar-refractivity contribution in [3.05, 3.63) is 29.1 Å². The molecule has 0 amide bonds. The molecule has 0 aromatic carbocycles. The smallest absolute Gasteiger partial charge is 0.159 e. The molecule has 170 valence electrons. The highest BCUT2D eigenvalue weighted by Gasteiger charge is 2.44. The predicted octanol–water partition coefficient (Wildman–Crippen LogP) is 5.94. The first-order valence-electron chi connectivity index (χ1n) is 12.1. The molecule has 0 saturated carbocycles. The van der Waals surface area contributed by atoms with Crippen molar-refractivity contribution in [1.82, 2.24) is 9.97 Å². The molecule has 0 spiro atoms. The quantitative estimate of drug-likeness (QED) is 0.594. The maximum atomic E-state index is 6.16. The molecule has 31 heavy (non-hydrogen) atoms. The van der Waals surface area contributed by atoms with Gasteiger partial charge in [-0.15, -0.1) is 0 Å². The van der Waals surface area contributed by atoms with E-state index in [-0.39, 0.29) is 0 Å². The van der Waals surface area contributed by atoms with Crippen LogP contribution in [0.5, 0.6) is 0 Å². The lowest BCUT2D eigenvalue weighted by Crippen LogP contribution is -2.37. The van der Waals surface area contributed by atoms with Gasteiger partial charge in [0.05, 0.1) is 6.67 Å². The molecule has 1 aliphatic heterocycles. The first-order chi connectivity index (χ1) is 14.6. The van der Waals surface area contributed by atoms with Crippen molar-refractivity contribution in [3.8, 4) is 0 Å². The molecule has 5 nitrogen and oxygen atoms in total. The van der Waals surface area contributed by atoms with E-state index in [4.69, 9.17) is 5.73 Å². The summed E-state index contributed by atoms with van der Waals surface area (Å²) in [4.78, 5) is 13.0. The molecule has 0 radical (unpaired) electrons. The van der Waals surface area contributed by atoms with E-state index in [0.29, 0.717) is 16.6 Å². The molecular weight excluding hydrogens is 382 g/mol. The first-order valence-corrected chi connectivity index (χ1v) is 12.1. The lowest BCUT2D eigenvalue weighted by atomic mass is 9.55. The van der Waals surface area contributed by atoms with Crippen LogP contribution in [-0.2, 0) is 0 Å². The summed E-state index contributed by atoms with van der Waals surface area (Å²) in [6.45, 7) is 14.0. The SMILES string of the molecule is CC(=CCN1CN(C)c2ncnc(N)c21)CC[C@]1(C)C2=C(CC[C@H]1C)C(C)(C)CCC2. The van der Waals surface area contributed by atoms with Crippen LogP contribution in [0.4, 0.5) is 17.3 Å². The second kappa shape index (κ2) is 8.14. The molecule has 1 aromatic rings. The topological polar surface area (TPSA) is 58.3 Å². The highest BCUT2D eigenvalue weighted by atomic mass is 15.4. The Morgan fingerprint density at radius 3 is 2.77 bits per heavy atom. The van der Waals surface area contributed by atoms with Gasteiger partial charge in [0.2, 0.25) is 0 Å². The Balaban J connectivity index is 1.46. The molecule has 2 heterocycles. The Labute approximate surface area is 188 Å². The molecule has 3 aliphatic rings. The van der Waals surface area contributed by atoms with E-state index in [1.807, 2.05) is 5.57 Å². The van der Waals surface area contributed by atoms with Crippen LogP contribution in [0.2, 0.25) is 0 Å². The molecule has 0 fully saturated rings. The van der Waals surface area contributed by atoms with Gasteiger partial charge < -0.3 is 15.5 Å². The zero-order valence-corrected chi connectivity index (χ0v) is 20.5. The Hall–Kier alpha value is -2.04. The van der Waals surface area contributed by atoms with Crippen LogP contribution >= 0.6 is 0 Å². The lowest BCUT2D eigenvalue weighted by molar-refractivity contribution is 0.169. The highest BCUT2D eigenvalue weighted by Crippen LogP contribution is 2.56. The van der Waals surface area contributed by atoms with Crippen LogP contribution in [0.1, 0.15) is 79.6 Å². The van der Waals surface area contributed by atoms with Gasteiger partial charge in [-0.1, -0.05) is 50.5 Å². The molecule has 0 bridgehead atoms. The average Bonchev–Trinajstić information content (AvgIpc) is 3.05. The van der Waals surface area contributed by atoms with Crippen molar-refractivity contribution in [2.45, 2.75) is 79.6 Å². The molecule has 2 N–H and O–H groups in total. The largest absolute Gasteiger partial charge is 0.382 e.